The number of hydrogen-bond acceptors (Lipinski definition) is 2. The number of esters is 1. The second-order valence-corrected chi connectivity index (χ2v) is 4.73. The van der Waals surface area contributed by atoms with Crippen molar-refractivity contribution in [3.8, 4) is 0 Å². The van der Waals surface area contributed by atoms with Gasteiger partial charge in [-0.1, -0.05) is 38.1 Å². The molecule has 1 aliphatic rings. The molecule has 1 aliphatic carbocycles. The summed E-state index contributed by atoms with van der Waals surface area (Å²) in [6, 6.07) is 9.08. The molecular weight excluding hydrogens is 200 g/mol. The monoisotopic (exact) mass is 216 g/mol. The zero-order chi connectivity index (χ0) is 11.8. The van der Waals surface area contributed by atoms with Crippen LogP contribution in [0.3, 0.4) is 0 Å². The van der Waals surface area contributed by atoms with Gasteiger partial charge < -0.3 is 4.74 Å². The predicted molar refractivity (Wildman–Crippen MR) is 63.2 cm³/mol. The molecule has 0 N–H and O–H groups in total. The van der Waals surface area contributed by atoms with Crippen LogP contribution in [0.1, 0.15) is 31.1 Å². The predicted octanol–water partition coefficient (Wildman–Crippen LogP) is 3.20. The number of carbonyl (C=O) groups is 1. The average Bonchev–Trinajstić information content (AvgIpc) is 2.89. The Kier molecular flexibility index (Phi) is 2.58. The van der Waals surface area contributed by atoms with Crippen molar-refractivity contribution in [3.63, 3.8) is 0 Å². The van der Waals surface area contributed by atoms with Crippen LogP contribution >= 0.6 is 0 Å². The molecule has 1 aromatic carbocycles. The van der Waals surface area contributed by atoms with Crippen molar-refractivity contribution in [1.82, 2.24) is 0 Å². The molecule has 0 saturated heterocycles. The molecule has 0 fully saturated rings. The Bertz CT molecular complexity index is 429. The Balaban J connectivity index is 1.96. The quantitative estimate of drug-likeness (QED) is 0.573. The van der Waals surface area contributed by atoms with Gasteiger partial charge in [0.2, 0.25) is 0 Å². The van der Waals surface area contributed by atoms with E-state index in [1.54, 1.807) is 12.1 Å². The first-order valence-electron chi connectivity index (χ1n) is 5.50. The van der Waals surface area contributed by atoms with Crippen LogP contribution < -0.4 is 0 Å². The molecule has 16 heavy (non-hydrogen) atoms. The van der Waals surface area contributed by atoms with Crippen molar-refractivity contribution in [3.05, 3.63) is 47.5 Å². The first-order chi connectivity index (χ1) is 7.50. The molecule has 0 amide bonds. The molecule has 0 radical (unpaired) electrons. The second kappa shape index (κ2) is 3.78. The van der Waals surface area contributed by atoms with E-state index in [9.17, 15) is 4.79 Å². The molecule has 0 spiro atoms. The minimum atomic E-state index is -0.253. The van der Waals surface area contributed by atoms with E-state index in [0.717, 1.165) is 0 Å². The van der Waals surface area contributed by atoms with E-state index >= 15 is 0 Å². The molecule has 84 valence electrons. The number of carbonyl (C=O) groups excluding carboxylic acids is 1. The maximum absolute atomic E-state index is 11.7. The fourth-order valence-corrected chi connectivity index (χ4v) is 1.86. The van der Waals surface area contributed by atoms with Crippen molar-refractivity contribution in [2.75, 3.05) is 0 Å². The van der Waals surface area contributed by atoms with E-state index in [1.165, 1.54) is 5.57 Å². The SMILES string of the molecule is CC(OC(=O)c1ccccc1)C1=CC1(C)C. The lowest BCUT2D eigenvalue weighted by Crippen LogP contribution is -2.16. The summed E-state index contributed by atoms with van der Waals surface area (Å²) in [4.78, 5) is 11.7. The lowest BCUT2D eigenvalue weighted by Gasteiger charge is -2.14. The van der Waals surface area contributed by atoms with E-state index in [4.69, 9.17) is 4.74 Å². The topological polar surface area (TPSA) is 26.3 Å². The number of allylic oxidation sites excluding steroid dienone is 1. The summed E-state index contributed by atoms with van der Waals surface area (Å²) >= 11 is 0. The van der Waals surface area contributed by atoms with Crippen molar-refractivity contribution < 1.29 is 9.53 Å². The summed E-state index contributed by atoms with van der Waals surface area (Å²) in [6.07, 6.45) is 2.01. The average molecular weight is 216 g/mol. The van der Waals surface area contributed by atoms with E-state index in [-0.39, 0.29) is 17.5 Å². The van der Waals surface area contributed by atoms with Gasteiger partial charge in [-0.15, -0.1) is 0 Å². The van der Waals surface area contributed by atoms with Gasteiger partial charge in [0.05, 0.1) is 5.56 Å². The van der Waals surface area contributed by atoms with Gasteiger partial charge >= 0.3 is 5.97 Å². The van der Waals surface area contributed by atoms with E-state index in [2.05, 4.69) is 19.9 Å². The molecule has 2 heteroatoms. The highest BCUT2D eigenvalue weighted by atomic mass is 16.5. The van der Waals surface area contributed by atoms with Gasteiger partial charge in [-0.25, -0.2) is 4.79 Å². The summed E-state index contributed by atoms with van der Waals surface area (Å²) in [5.74, 6) is -0.253. The van der Waals surface area contributed by atoms with Crippen molar-refractivity contribution in [1.29, 1.82) is 0 Å². The highest BCUT2D eigenvalue weighted by molar-refractivity contribution is 5.89. The molecule has 1 atom stereocenters. The number of rotatable bonds is 3. The van der Waals surface area contributed by atoms with Crippen LogP contribution in [0.4, 0.5) is 0 Å². The zero-order valence-corrected chi connectivity index (χ0v) is 9.86. The Morgan fingerprint density at radius 1 is 1.25 bits per heavy atom. The van der Waals surface area contributed by atoms with Gasteiger partial charge in [-0.05, 0) is 24.6 Å². The van der Waals surface area contributed by atoms with Crippen LogP contribution in [0.15, 0.2) is 42.0 Å². The molecular formula is C14H16O2. The normalized spacial score (nSPS) is 18.6. The van der Waals surface area contributed by atoms with E-state index in [1.807, 2.05) is 25.1 Å². The minimum Gasteiger partial charge on any atom is -0.455 e. The number of benzene rings is 1. The fourth-order valence-electron chi connectivity index (χ4n) is 1.86. The van der Waals surface area contributed by atoms with Gasteiger partial charge in [-0.3, -0.25) is 0 Å². The first kappa shape index (κ1) is 10.9. The maximum atomic E-state index is 11.7. The van der Waals surface area contributed by atoms with Crippen molar-refractivity contribution in [2.45, 2.75) is 26.9 Å². The lowest BCUT2D eigenvalue weighted by atomic mass is 10.0. The molecule has 1 aromatic rings. The molecule has 0 aliphatic heterocycles. The van der Waals surface area contributed by atoms with Gasteiger partial charge in [0.15, 0.2) is 0 Å². The van der Waals surface area contributed by atoms with Gasteiger partial charge in [0, 0.05) is 5.41 Å². The molecule has 0 heterocycles. The molecule has 0 aromatic heterocycles. The van der Waals surface area contributed by atoms with Gasteiger partial charge in [-0.2, -0.15) is 0 Å². The molecule has 2 nitrogen and oxygen atoms in total. The highest BCUT2D eigenvalue weighted by Crippen LogP contribution is 2.45. The van der Waals surface area contributed by atoms with Crippen molar-refractivity contribution in [2.24, 2.45) is 5.41 Å². The second-order valence-electron chi connectivity index (χ2n) is 4.73. The number of ether oxygens (including phenoxy) is 1. The third-order valence-corrected chi connectivity index (χ3v) is 2.91. The summed E-state index contributed by atoms with van der Waals surface area (Å²) in [6.45, 7) is 6.16. The molecule has 0 bridgehead atoms. The summed E-state index contributed by atoms with van der Waals surface area (Å²) in [5.41, 5.74) is 1.95. The standard InChI is InChI=1S/C14H16O2/c1-10(12-9-14(12,2)3)16-13(15)11-7-5-4-6-8-11/h4-10H,1-3H3. The molecule has 1 unspecified atom stereocenters. The smallest absolute Gasteiger partial charge is 0.338 e. The Hall–Kier alpha value is -1.57. The largest absolute Gasteiger partial charge is 0.455 e. The van der Waals surface area contributed by atoms with Crippen molar-refractivity contribution >= 4 is 5.97 Å². The first-order valence-corrected chi connectivity index (χ1v) is 5.50. The van der Waals surface area contributed by atoms with Gasteiger partial charge in [0.1, 0.15) is 6.10 Å². The zero-order valence-electron chi connectivity index (χ0n) is 9.86. The Labute approximate surface area is 95.9 Å². The van der Waals surface area contributed by atoms with Crippen LogP contribution in [-0.4, -0.2) is 12.1 Å². The summed E-state index contributed by atoms with van der Waals surface area (Å²) in [5, 5.41) is 0. The summed E-state index contributed by atoms with van der Waals surface area (Å²) < 4.78 is 5.39. The number of hydrogen-bond donors (Lipinski definition) is 0. The fraction of sp³-hybridized carbons (Fsp3) is 0.357. The minimum absolute atomic E-state index is 0.122. The van der Waals surface area contributed by atoms with Gasteiger partial charge in [0.25, 0.3) is 0 Å². The van der Waals surface area contributed by atoms with Crippen LogP contribution in [-0.2, 0) is 4.74 Å². The van der Waals surface area contributed by atoms with E-state index in [0.29, 0.717) is 5.56 Å². The lowest BCUT2D eigenvalue weighted by molar-refractivity contribution is 0.0403. The molecule has 2 rings (SSSR count). The third kappa shape index (κ3) is 2.16. The van der Waals surface area contributed by atoms with Crippen LogP contribution in [0.2, 0.25) is 0 Å². The Morgan fingerprint density at radius 3 is 2.31 bits per heavy atom. The van der Waals surface area contributed by atoms with E-state index < -0.39 is 0 Å². The summed E-state index contributed by atoms with van der Waals surface area (Å²) in [7, 11) is 0. The molecule has 0 saturated carbocycles. The van der Waals surface area contributed by atoms with Crippen LogP contribution in [0, 0.1) is 5.41 Å². The highest BCUT2D eigenvalue weighted by Gasteiger charge is 2.38. The van der Waals surface area contributed by atoms with Crippen LogP contribution in [0.5, 0.6) is 0 Å². The maximum Gasteiger partial charge on any atom is 0.338 e. The third-order valence-electron chi connectivity index (χ3n) is 2.91. The Morgan fingerprint density at radius 2 is 1.81 bits per heavy atom. The van der Waals surface area contributed by atoms with Crippen LogP contribution in [0.25, 0.3) is 0 Å².